The molecule has 0 saturated carbocycles. The molecule has 1 atom stereocenters. The summed E-state index contributed by atoms with van der Waals surface area (Å²) >= 11 is 0. The first-order valence-electron chi connectivity index (χ1n) is 8.91. The summed E-state index contributed by atoms with van der Waals surface area (Å²) < 4.78 is 5.27. The van der Waals surface area contributed by atoms with E-state index in [1.165, 1.54) is 5.56 Å². The number of ether oxygens (including phenoxy) is 1. The molecule has 0 aliphatic carbocycles. The number of hydrogen-bond acceptors (Lipinski definition) is 4. The molecule has 0 bridgehead atoms. The van der Waals surface area contributed by atoms with Gasteiger partial charge in [0, 0.05) is 26.7 Å². The highest BCUT2D eigenvalue weighted by molar-refractivity contribution is 5.85. The van der Waals surface area contributed by atoms with Crippen LogP contribution in [0.2, 0.25) is 0 Å². The zero-order valence-corrected chi connectivity index (χ0v) is 16.5. The number of methoxy groups -OCH3 is 1. The second-order valence-corrected chi connectivity index (χ2v) is 6.60. The van der Waals surface area contributed by atoms with E-state index < -0.39 is 5.41 Å². The highest BCUT2D eigenvalue weighted by Crippen LogP contribution is 2.26. The van der Waals surface area contributed by atoms with Crippen molar-refractivity contribution in [2.45, 2.75) is 33.4 Å². The van der Waals surface area contributed by atoms with E-state index in [0.717, 1.165) is 38.2 Å². The molecule has 2 rings (SSSR count). The third kappa shape index (κ3) is 5.96. The minimum atomic E-state index is -0.419. The maximum atomic E-state index is 12.6. The lowest BCUT2D eigenvalue weighted by Gasteiger charge is -2.26. The first kappa shape index (κ1) is 21.9. The van der Waals surface area contributed by atoms with Crippen molar-refractivity contribution >= 4 is 18.3 Å². The summed E-state index contributed by atoms with van der Waals surface area (Å²) in [6.45, 7) is 10.1. The Morgan fingerprint density at radius 1 is 1.24 bits per heavy atom. The zero-order valence-electron chi connectivity index (χ0n) is 15.6. The van der Waals surface area contributed by atoms with Crippen molar-refractivity contribution in [3.63, 3.8) is 0 Å². The van der Waals surface area contributed by atoms with E-state index in [1.54, 1.807) is 7.11 Å². The molecule has 1 saturated heterocycles. The van der Waals surface area contributed by atoms with E-state index >= 15 is 0 Å². The van der Waals surface area contributed by atoms with E-state index in [2.05, 4.69) is 53.6 Å². The van der Waals surface area contributed by atoms with Crippen LogP contribution in [0.15, 0.2) is 24.3 Å². The summed E-state index contributed by atoms with van der Waals surface area (Å²) in [6.07, 6.45) is 0.829. The number of rotatable bonds is 9. The number of carbonyl (C=O) groups excluding carboxylic acids is 1. The van der Waals surface area contributed by atoms with Crippen molar-refractivity contribution in [3.8, 4) is 0 Å². The van der Waals surface area contributed by atoms with Crippen LogP contribution in [-0.4, -0.2) is 50.7 Å². The number of amides is 1. The molecule has 1 amide bonds. The van der Waals surface area contributed by atoms with Gasteiger partial charge in [-0.05, 0) is 37.2 Å². The van der Waals surface area contributed by atoms with Gasteiger partial charge >= 0.3 is 0 Å². The van der Waals surface area contributed by atoms with Gasteiger partial charge in [-0.1, -0.05) is 38.1 Å². The van der Waals surface area contributed by atoms with Gasteiger partial charge in [0.2, 0.25) is 5.91 Å². The third-order valence-corrected chi connectivity index (χ3v) is 4.92. The van der Waals surface area contributed by atoms with Crippen LogP contribution < -0.4 is 10.6 Å². The maximum absolute atomic E-state index is 12.6. The highest BCUT2D eigenvalue weighted by Gasteiger charge is 2.41. The van der Waals surface area contributed by atoms with E-state index in [4.69, 9.17) is 4.74 Å². The predicted molar refractivity (Wildman–Crippen MR) is 104 cm³/mol. The van der Waals surface area contributed by atoms with Gasteiger partial charge in [-0.25, -0.2) is 0 Å². The number of nitrogens with zero attached hydrogens (tertiary/aromatic N) is 1. The van der Waals surface area contributed by atoms with Gasteiger partial charge < -0.3 is 15.4 Å². The Bertz CT molecular complexity index is 512. The van der Waals surface area contributed by atoms with Crippen molar-refractivity contribution in [2.24, 2.45) is 5.41 Å². The quantitative estimate of drug-likeness (QED) is 0.700. The number of nitrogens with one attached hydrogen (secondary N) is 2. The first-order chi connectivity index (χ1) is 11.6. The molecule has 142 valence electrons. The van der Waals surface area contributed by atoms with Crippen molar-refractivity contribution < 1.29 is 9.53 Å². The van der Waals surface area contributed by atoms with Gasteiger partial charge in [-0.2, -0.15) is 0 Å². The SMILES string of the molecule is CCN(CC)Cc1ccc(CNC(=O)C2(COC)CCNC2)cc1.Cl. The molecular weight excluding hydrogens is 338 g/mol. The molecule has 0 spiro atoms. The molecule has 6 heteroatoms. The summed E-state index contributed by atoms with van der Waals surface area (Å²) in [4.78, 5) is 15.0. The van der Waals surface area contributed by atoms with E-state index in [1.807, 2.05) is 0 Å². The molecule has 2 N–H and O–H groups in total. The molecule has 1 fully saturated rings. The summed E-state index contributed by atoms with van der Waals surface area (Å²) in [5.74, 6) is 0.0848. The molecule has 5 nitrogen and oxygen atoms in total. The van der Waals surface area contributed by atoms with Gasteiger partial charge in [-0.15, -0.1) is 12.4 Å². The molecule has 1 unspecified atom stereocenters. The molecule has 1 heterocycles. The lowest BCUT2D eigenvalue weighted by Crippen LogP contribution is -2.45. The molecule has 1 aromatic rings. The normalized spacial score (nSPS) is 19.7. The Balaban J connectivity index is 0.00000312. The molecule has 1 aliphatic heterocycles. The van der Waals surface area contributed by atoms with Gasteiger partial charge in [0.1, 0.15) is 0 Å². The topological polar surface area (TPSA) is 53.6 Å². The molecule has 1 aromatic carbocycles. The van der Waals surface area contributed by atoms with Crippen LogP contribution in [0, 0.1) is 5.41 Å². The van der Waals surface area contributed by atoms with Crippen molar-refractivity contribution in [1.82, 2.24) is 15.5 Å². The van der Waals surface area contributed by atoms with Crippen molar-refractivity contribution in [1.29, 1.82) is 0 Å². The summed E-state index contributed by atoms with van der Waals surface area (Å²) in [5.41, 5.74) is 2.02. The molecule has 0 aromatic heterocycles. The second kappa shape index (κ2) is 10.8. The molecule has 0 radical (unpaired) electrons. The maximum Gasteiger partial charge on any atom is 0.230 e. The monoisotopic (exact) mass is 369 g/mol. The number of hydrogen-bond donors (Lipinski definition) is 2. The average molecular weight is 370 g/mol. The first-order valence-corrected chi connectivity index (χ1v) is 8.91. The van der Waals surface area contributed by atoms with Crippen molar-refractivity contribution in [2.75, 3.05) is 39.9 Å². The van der Waals surface area contributed by atoms with Gasteiger partial charge in [-0.3, -0.25) is 9.69 Å². The van der Waals surface area contributed by atoms with Crippen LogP contribution in [0.5, 0.6) is 0 Å². The van der Waals surface area contributed by atoms with Crippen LogP contribution in [0.25, 0.3) is 0 Å². The summed E-state index contributed by atoms with van der Waals surface area (Å²) in [6, 6.07) is 8.52. The lowest BCUT2D eigenvalue weighted by atomic mass is 9.87. The largest absolute Gasteiger partial charge is 0.384 e. The van der Waals surface area contributed by atoms with Crippen LogP contribution in [0.1, 0.15) is 31.4 Å². The van der Waals surface area contributed by atoms with Crippen LogP contribution in [0.3, 0.4) is 0 Å². The second-order valence-electron chi connectivity index (χ2n) is 6.60. The number of halogens is 1. The lowest BCUT2D eigenvalue weighted by molar-refractivity contribution is -0.133. The molecular formula is C19H32ClN3O2. The van der Waals surface area contributed by atoms with Crippen LogP contribution in [0.4, 0.5) is 0 Å². The summed E-state index contributed by atoms with van der Waals surface area (Å²) in [5, 5.41) is 6.35. The summed E-state index contributed by atoms with van der Waals surface area (Å²) in [7, 11) is 1.65. The van der Waals surface area contributed by atoms with Crippen LogP contribution in [-0.2, 0) is 22.6 Å². The number of carbonyl (C=O) groups is 1. The fourth-order valence-corrected chi connectivity index (χ4v) is 3.24. The molecule has 25 heavy (non-hydrogen) atoms. The van der Waals surface area contributed by atoms with Crippen LogP contribution >= 0.6 is 12.4 Å². The minimum Gasteiger partial charge on any atom is -0.384 e. The predicted octanol–water partition coefficient (Wildman–Crippen LogP) is 2.19. The molecule has 1 aliphatic rings. The Morgan fingerprint density at radius 3 is 2.40 bits per heavy atom. The minimum absolute atomic E-state index is 0. The Labute approximate surface area is 157 Å². The van der Waals surface area contributed by atoms with E-state index in [0.29, 0.717) is 19.7 Å². The Morgan fingerprint density at radius 2 is 1.88 bits per heavy atom. The van der Waals surface area contributed by atoms with E-state index in [9.17, 15) is 4.79 Å². The van der Waals surface area contributed by atoms with Crippen molar-refractivity contribution in [3.05, 3.63) is 35.4 Å². The van der Waals surface area contributed by atoms with Gasteiger partial charge in [0.05, 0.1) is 12.0 Å². The fourth-order valence-electron chi connectivity index (χ4n) is 3.24. The Kier molecular flexibility index (Phi) is 9.43. The third-order valence-electron chi connectivity index (χ3n) is 4.92. The van der Waals surface area contributed by atoms with E-state index in [-0.39, 0.29) is 18.3 Å². The number of benzene rings is 1. The Hall–Kier alpha value is -1.14. The fraction of sp³-hybridized carbons (Fsp3) is 0.632. The van der Waals surface area contributed by atoms with Gasteiger partial charge in [0.25, 0.3) is 0 Å². The highest BCUT2D eigenvalue weighted by atomic mass is 35.5. The standard InChI is InChI=1S/C19H31N3O2.ClH/c1-4-22(5-2)13-17-8-6-16(7-9-17)12-21-18(23)19(15-24-3)10-11-20-14-19;/h6-9,20H,4-5,10-15H2,1-3H3,(H,21,23);1H. The van der Waals surface area contributed by atoms with Gasteiger partial charge in [0.15, 0.2) is 0 Å². The smallest absolute Gasteiger partial charge is 0.230 e. The zero-order chi connectivity index (χ0) is 17.4. The average Bonchev–Trinajstić information content (AvgIpc) is 3.09.